The highest BCUT2D eigenvalue weighted by atomic mass is 16.5. The van der Waals surface area contributed by atoms with Gasteiger partial charge in [0.2, 0.25) is 0 Å². The Morgan fingerprint density at radius 1 is 1.43 bits per heavy atom. The first kappa shape index (κ1) is 17.2. The predicted octanol–water partition coefficient (Wildman–Crippen LogP) is 1.74. The smallest absolute Gasteiger partial charge is 0.252 e. The molecule has 0 radical (unpaired) electrons. The van der Waals surface area contributed by atoms with Crippen LogP contribution < -0.4 is 5.32 Å². The monoisotopic (exact) mass is 289 g/mol. The van der Waals surface area contributed by atoms with Gasteiger partial charge in [-0.3, -0.25) is 4.79 Å². The molecule has 0 aliphatic carbocycles. The van der Waals surface area contributed by atoms with Gasteiger partial charge in [0.25, 0.3) is 5.91 Å². The van der Waals surface area contributed by atoms with Crippen molar-refractivity contribution < 1.29 is 14.6 Å². The summed E-state index contributed by atoms with van der Waals surface area (Å²) in [7, 11) is 1.62. The third-order valence-electron chi connectivity index (χ3n) is 3.19. The van der Waals surface area contributed by atoms with Crippen LogP contribution in [-0.4, -0.2) is 37.4 Å². The van der Waals surface area contributed by atoms with Crippen molar-refractivity contribution >= 4 is 5.91 Å². The molecule has 4 heteroatoms. The molecule has 1 amide bonds. The van der Waals surface area contributed by atoms with Gasteiger partial charge in [-0.25, -0.2) is 0 Å². The molecular formula is C17H23NO3. The molecule has 0 saturated carbocycles. The van der Waals surface area contributed by atoms with Crippen molar-refractivity contribution in [2.24, 2.45) is 5.92 Å². The second-order valence-corrected chi connectivity index (χ2v) is 5.29. The fourth-order valence-corrected chi connectivity index (χ4v) is 1.92. The number of methoxy groups -OCH3 is 1. The van der Waals surface area contributed by atoms with Crippen LogP contribution in [0.5, 0.6) is 0 Å². The molecular weight excluding hydrogens is 266 g/mol. The van der Waals surface area contributed by atoms with Gasteiger partial charge < -0.3 is 15.2 Å². The number of ether oxygens (including phenoxy) is 1. The lowest BCUT2D eigenvalue weighted by Crippen LogP contribution is -2.41. The Hall–Kier alpha value is -1.83. The lowest BCUT2D eigenvalue weighted by molar-refractivity contribution is 0.0866. The minimum absolute atomic E-state index is 0.0533. The number of aryl methyl sites for hydroxylation is 1. The second-order valence-electron chi connectivity index (χ2n) is 5.29. The lowest BCUT2D eigenvalue weighted by Gasteiger charge is -2.22. The van der Waals surface area contributed by atoms with Crippen molar-refractivity contribution in [1.29, 1.82) is 0 Å². The minimum Gasteiger partial charge on any atom is -0.384 e. The van der Waals surface area contributed by atoms with Crippen LogP contribution in [-0.2, 0) is 4.74 Å². The molecule has 0 saturated heterocycles. The standard InChI is InChI=1S/C17H23NO3/c1-12(2)16(11-21-4)18-17(20)15-8-7-13(3)10-14(15)6-5-9-19/h7-8,10,12,16,19H,9,11H2,1-4H3,(H,18,20). The molecule has 1 rings (SSSR count). The van der Waals surface area contributed by atoms with Crippen LogP contribution >= 0.6 is 0 Å². The van der Waals surface area contributed by atoms with Crippen molar-refractivity contribution in [3.8, 4) is 11.8 Å². The van der Waals surface area contributed by atoms with E-state index in [4.69, 9.17) is 9.84 Å². The van der Waals surface area contributed by atoms with E-state index in [9.17, 15) is 4.79 Å². The number of rotatable bonds is 5. The molecule has 0 spiro atoms. The van der Waals surface area contributed by atoms with Crippen molar-refractivity contribution in [2.75, 3.05) is 20.3 Å². The van der Waals surface area contributed by atoms with E-state index in [1.807, 2.05) is 32.9 Å². The number of aliphatic hydroxyl groups excluding tert-OH is 1. The molecule has 21 heavy (non-hydrogen) atoms. The second kappa shape index (κ2) is 8.46. The van der Waals surface area contributed by atoms with Crippen LogP contribution in [0, 0.1) is 24.7 Å². The normalized spacial score (nSPS) is 11.7. The highest BCUT2D eigenvalue weighted by Gasteiger charge is 2.18. The summed E-state index contributed by atoms with van der Waals surface area (Å²) in [4.78, 5) is 12.4. The summed E-state index contributed by atoms with van der Waals surface area (Å²) in [6.45, 7) is 6.24. The first-order chi connectivity index (χ1) is 9.99. The number of hydrogen-bond acceptors (Lipinski definition) is 3. The minimum atomic E-state index is -0.229. The molecule has 1 aromatic rings. The van der Waals surface area contributed by atoms with Gasteiger partial charge in [-0.1, -0.05) is 31.8 Å². The highest BCUT2D eigenvalue weighted by Crippen LogP contribution is 2.12. The van der Waals surface area contributed by atoms with Gasteiger partial charge >= 0.3 is 0 Å². The number of hydrogen-bond donors (Lipinski definition) is 2. The van der Waals surface area contributed by atoms with E-state index in [0.717, 1.165) is 5.56 Å². The number of carbonyl (C=O) groups excluding carboxylic acids is 1. The van der Waals surface area contributed by atoms with Crippen LogP contribution in [0.2, 0.25) is 0 Å². The zero-order chi connectivity index (χ0) is 15.8. The summed E-state index contributed by atoms with van der Waals surface area (Å²) in [6.07, 6.45) is 0. The maximum Gasteiger partial charge on any atom is 0.252 e. The predicted molar refractivity (Wildman–Crippen MR) is 83.1 cm³/mol. The zero-order valence-corrected chi connectivity index (χ0v) is 13.1. The van der Waals surface area contributed by atoms with E-state index < -0.39 is 0 Å². The maximum atomic E-state index is 12.4. The van der Waals surface area contributed by atoms with E-state index >= 15 is 0 Å². The van der Waals surface area contributed by atoms with E-state index in [1.165, 1.54) is 0 Å². The molecule has 1 atom stereocenters. The van der Waals surface area contributed by atoms with E-state index in [-0.39, 0.29) is 24.5 Å². The van der Waals surface area contributed by atoms with Crippen LogP contribution in [0.1, 0.15) is 35.3 Å². The molecule has 0 bridgehead atoms. The van der Waals surface area contributed by atoms with E-state index in [2.05, 4.69) is 17.2 Å². The quantitative estimate of drug-likeness (QED) is 0.812. The molecule has 2 N–H and O–H groups in total. The average molecular weight is 289 g/mol. The summed E-state index contributed by atoms with van der Waals surface area (Å²) in [6, 6.07) is 5.43. The topological polar surface area (TPSA) is 58.6 Å². The van der Waals surface area contributed by atoms with Gasteiger partial charge in [0.05, 0.1) is 18.2 Å². The Labute approximate surface area is 126 Å². The summed E-state index contributed by atoms with van der Waals surface area (Å²) in [5.41, 5.74) is 2.16. The number of aliphatic hydroxyl groups is 1. The van der Waals surface area contributed by atoms with Gasteiger partial charge in [0, 0.05) is 12.7 Å². The van der Waals surface area contributed by atoms with Crippen molar-refractivity contribution in [3.05, 3.63) is 34.9 Å². The van der Waals surface area contributed by atoms with Crippen LogP contribution in [0.4, 0.5) is 0 Å². The van der Waals surface area contributed by atoms with Crippen molar-refractivity contribution in [3.63, 3.8) is 0 Å². The Morgan fingerprint density at radius 3 is 2.71 bits per heavy atom. The Bertz CT molecular complexity index is 541. The first-order valence-corrected chi connectivity index (χ1v) is 6.99. The van der Waals surface area contributed by atoms with Crippen LogP contribution in [0.15, 0.2) is 18.2 Å². The largest absolute Gasteiger partial charge is 0.384 e. The third kappa shape index (κ3) is 5.22. The zero-order valence-electron chi connectivity index (χ0n) is 13.1. The molecule has 0 heterocycles. The molecule has 0 aliphatic heterocycles. The van der Waals surface area contributed by atoms with Gasteiger partial charge in [-0.2, -0.15) is 0 Å². The number of carbonyl (C=O) groups is 1. The van der Waals surface area contributed by atoms with E-state index in [1.54, 1.807) is 13.2 Å². The van der Waals surface area contributed by atoms with Gasteiger partial charge in [-0.05, 0) is 30.5 Å². The molecule has 114 valence electrons. The molecule has 0 aliphatic rings. The molecule has 1 aromatic carbocycles. The Balaban J connectivity index is 3.01. The Kier molecular flexibility index (Phi) is 6.93. The summed E-state index contributed by atoms with van der Waals surface area (Å²) in [5, 5.41) is 11.8. The number of amides is 1. The lowest BCUT2D eigenvalue weighted by atomic mass is 10.0. The molecule has 0 fully saturated rings. The van der Waals surface area contributed by atoms with Crippen LogP contribution in [0.25, 0.3) is 0 Å². The van der Waals surface area contributed by atoms with Crippen molar-refractivity contribution in [2.45, 2.75) is 26.8 Å². The highest BCUT2D eigenvalue weighted by molar-refractivity contribution is 5.97. The third-order valence-corrected chi connectivity index (χ3v) is 3.19. The Morgan fingerprint density at radius 2 is 2.14 bits per heavy atom. The van der Waals surface area contributed by atoms with Crippen molar-refractivity contribution in [1.82, 2.24) is 5.32 Å². The van der Waals surface area contributed by atoms with E-state index in [0.29, 0.717) is 17.7 Å². The van der Waals surface area contributed by atoms with Gasteiger partial charge in [0.1, 0.15) is 6.61 Å². The van der Waals surface area contributed by atoms with Gasteiger partial charge in [-0.15, -0.1) is 0 Å². The summed E-state index contributed by atoms with van der Waals surface area (Å²) < 4.78 is 5.14. The summed E-state index contributed by atoms with van der Waals surface area (Å²) >= 11 is 0. The fraction of sp³-hybridized carbons (Fsp3) is 0.471. The fourth-order valence-electron chi connectivity index (χ4n) is 1.92. The number of nitrogens with one attached hydrogen (secondary N) is 1. The maximum absolute atomic E-state index is 12.4. The number of benzene rings is 1. The first-order valence-electron chi connectivity index (χ1n) is 6.99. The molecule has 1 unspecified atom stereocenters. The SMILES string of the molecule is COCC(NC(=O)c1ccc(C)cc1C#CCO)C(C)C. The van der Waals surface area contributed by atoms with Gasteiger partial charge in [0.15, 0.2) is 0 Å². The van der Waals surface area contributed by atoms with Crippen LogP contribution in [0.3, 0.4) is 0 Å². The molecule has 4 nitrogen and oxygen atoms in total. The average Bonchev–Trinajstić information content (AvgIpc) is 2.44. The summed E-state index contributed by atoms with van der Waals surface area (Å²) in [5.74, 6) is 5.51. The molecule has 0 aromatic heterocycles.